The van der Waals surface area contributed by atoms with Gasteiger partial charge >= 0.3 is 0 Å². The third-order valence-electron chi connectivity index (χ3n) is 8.82. The van der Waals surface area contributed by atoms with Crippen molar-refractivity contribution in [3.05, 3.63) is 82.8 Å². The second-order valence-corrected chi connectivity index (χ2v) is 13.0. The number of imidazole rings is 1. The van der Waals surface area contributed by atoms with E-state index in [0.29, 0.717) is 42.3 Å². The Hall–Kier alpha value is -5.16. The van der Waals surface area contributed by atoms with Crippen molar-refractivity contribution in [3.63, 3.8) is 0 Å². The highest BCUT2D eigenvalue weighted by molar-refractivity contribution is 6.11. The lowest BCUT2D eigenvalue weighted by molar-refractivity contribution is 0.0987. The van der Waals surface area contributed by atoms with Gasteiger partial charge in [-0.15, -0.1) is 0 Å². The van der Waals surface area contributed by atoms with Gasteiger partial charge in [0.1, 0.15) is 23.3 Å². The number of carbonyl (C=O) groups is 2. The van der Waals surface area contributed by atoms with Crippen molar-refractivity contribution < 1.29 is 23.9 Å². The standard InChI is InChI=1S/C38H47N7O5/c1-26-13-16-32(34(22-26)50-21-8-7-10-28(25-46)45-19-17-43(4)18-20-45)44(5)38(48)27-14-15-29(33(23-27)49-6)37(47)40-31-12-9-11-30-36(31)41-35(39-30)24-42(2)3/h9,11-16,22-23H,7-8,10,17-21,24H2,1-6H3,(H,39,41)(H,40,47). The smallest absolute Gasteiger partial charge is 0.259 e. The summed E-state index contributed by atoms with van der Waals surface area (Å²) < 4.78 is 11.8. The van der Waals surface area contributed by atoms with Crippen LogP contribution in [0.2, 0.25) is 0 Å². The molecule has 12 heteroatoms. The summed E-state index contributed by atoms with van der Waals surface area (Å²) in [5, 5.41) is 2.97. The normalized spacial score (nSPS) is 13.3. The number of unbranched alkanes of at least 4 members (excludes halogenated alkanes) is 1. The SMILES string of the molecule is COc1cc(C(=O)N(C)c2ccc(C)cc2OCCCCC(=C=O)N2CCN(C)CC2)ccc1C(=O)Nc1cccc2nc(CN(C)C)[nH]c12. The quantitative estimate of drug-likeness (QED) is 0.140. The molecule has 0 bridgehead atoms. The van der Waals surface area contributed by atoms with E-state index < -0.39 is 0 Å². The summed E-state index contributed by atoms with van der Waals surface area (Å²) in [5.41, 5.74) is 5.06. The van der Waals surface area contributed by atoms with Crippen molar-refractivity contribution in [3.8, 4) is 11.5 Å². The number of allylic oxidation sites excluding steroid dienone is 1. The van der Waals surface area contributed by atoms with Crippen LogP contribution in [0.15, 0.2) is 60.3 Å². The van der Waals surface area contributed by atoms with Crippen LogP contribution in [0.1, 0.15) is 51.4 Å². The predicted molar refractivity (Wildman–Crippen MR) is 196 cm³/mol. The third-order valence-corrected chi connectivity index (χ3v) is 8.82. The number of aromatic amines is 1. The minimum atomic E-state index is -0.376. The lowest BCUT2D eigenvalue weighted by Gasteiger charge is -2.34. The number of likely N-dealkylation sites (N-methyl/N-ethyl adjacent to an activating group) is 1. The number of rotatable bonds is 14. The number of nitrogens with zero attached hydrogens (tertiary/aromatic N) is 5. The minimum Gasteiger partial charge on any atom is -0.496 e. The third kappa shape index (κ3) is 8.70. The molecule has 0 unspecified atom stereocenters. The zero-order valence-corrected chi connectivity index (χ0v) is 29.8. The second-order valence-electron chi connectivity index (χ2n) is 13.0. The van der Waals surface area contributed by atoms with Crippen LogP contribution in [0.4, 0.5) is 11.4 Å². The number of aromatic nitrogens is 2. The van der Waals surface area contributed by atoms with Crippen LogP contribution in [0.5, 0.6) is 11.5 Å². The molecule has 0 spiro atoms. The Balaban J connectivity index is 1.23. The van der Waals surface area contributed by atoms with Gasteiger partial charge in [0.05, 0.1) is 53.9 Å². The number of amides is 2. The molecule has 12 nitrogen and oxygen atoms in total. The summed E-state index contributed by atoms with van der Waals surface area (Å²) >= 11 is 0. The van der Waals surface area contributed by atoms with Crippen molar-refractivity contribution in [1.29, 1.82) is 0 Å². The molecule has 0 saturated carbocycles. The fourth-order valence-corrected chi connectivity index (χ4v) is 6.01. The molecule has 0 radical (unpaired) electrons. The summed E-state index contributed by atoms with van der Waals surface area (Å²) in [6.07, 6.45) is 2.19. The number of fused-ring (bicyclic) bond motifs is 1. The van der Waals surface area contributed by atoms with Crippen LogP contribution in [-0.4, -0.2) is 111 Å². The molecule has 2 N–H and O–H groups in total. The van der Waals surface area contributed by atoms with E-state index in [9.17, 15) is 14.4 Å². The molecule has 4 aromatic rings. The second kappa shape index (κ2) is 16.5. The Kier molecular flexibility index (Phi) is 11.9. The number of piperazine rings is 1. The molecule has 264 valence electrons. The predicted octanol–water partition coefficient (Wildman–Crippen LogP) is 4.98. The van der Waals surface area contributed by atoms with E-state index >= 15 is 0 Å². The summed E-state index contributed by atoms with van der Waals surface area (Å²) in [6.45, 7) is 6.60. The monoisotopic (exact) mass is 681 g/mol. The molecule has 50 heavy (non-hydrogen) atoms. The van der Waals surface area contributed by atoms with Crippen molar-refractivity contribution in [2.24, 2.45) is 0 Å². The van der Waals surface area contributed by atoms with E-state index in [1.807, 2.05) is 62.3 Å². The maximum absolute atomic E-state index is 13.8. The Morgan fingerprint density at radius 2 is 1.78 bits per heavy atom. The van der Waals surface area contributed by atoms with Crippen LogP contribution >= 0.6 is 0 Å². The molecule has 5 rings (SSSR count). The summed E-state index contributed by atoms with van der Waals surface area (Å²) in [6, 6.07) is 16.0. The highest BCUT2D eigenvalue weighted by atomic mass is 16.5. The molecule has 1 aliphatic rings. The topological polar surface area (TPSA) is 123 Å². The number of ether oxygens (including phenoxy) is 2. The van der Waals surface area contributed by atoms with Gasteiger partial charge in [0.2, 0.25) is 0 Å². The Morgan fingerprint density at radius 1 is 1.00 bits per heavy atom. The van der Waals surface area contributed by atoms with Crippen LogP contribution in [0.3, 0.4) is 0 Å². The van der Waals surface area contributed by atoms with E-state index in [1.54, 1.807) is 25.2 Å². The van der Waals surface area contributed by atoms with Gasteiger partial charge in [-0.3, -0.25) is 9.59 Å². The molecule has 1 saturated heterocycles. The minimum absolute atomic E-state index is 0.271. The van der Waals surface area contributed by atoms with Crippen LogP contribution < -0.4 is 19.7 Å². The Morgan fingerprint density at radius 3 is 2.50 bits per heavy atom. The maximum atomic E-state index is 13.8. The lowest BCUT2D eigenvalue weighted by atomic mass is 10.1. The first kappa shape index (κ1) is 36.1. The molecule has 2 heterocycles. The zero-order chi connectivity index (χ0) is 35.8. The molecule has 1 aromatic heterocycles. The fourth-order valence-electron chi connectivity index (χ4n) is 6.01. The van der Waals surface area contributed by atoms with Gasteiger partial charge in [0.15, 0.2) is 0 Å². The van der Waals surface area contributed by atoms with Gasteiger partial charge in [-0.05, 0) is 95.4 Å². The number of H-pyrrole nitrogens is 1. The van der Waals surface area contributed by atoms with Crippen LogP contribution in [-0.2, 0) is 11.3 Å². The molecule has 2 amide bonds. The first-order valence-electron chi connectivity index (χ1n) is 16.9. The van der Waals surface area contributed by atoms with Gasteiger partial charge in [-0.1, -0.05) is 12.1 Å². The van der Waals surface area contributed by atoms with Gasteiger partial charge in [-0.25, -0.2) is 9.78 Å². The number of aryl methyl sites for hydroxylation is 1. The average molecular weight is 682 g/mol. The molecule has 0 aliphatic carbocycles. The highest BCUT2D eigenvalue weighted by Crippen LogP contribution is 2.32. The average Bonchev–Trinajstić information content (AvgIpc) is 3.52. The molecular weight excluding hydrogens is 634 g/mol. The number of para-hydroxylation sites is 1. The molecule has 0 atom stereocenters. The number of methoxy groups -OCH3 is 1. The number of nitrogens with one attached hydrogen (secondary N) is 2. The molecule has 1 aliphatic heterocycles. The van der Waals surface area contributed by atoms with Crippen LogP contribution in [0, 0.1) is 6.92 Å². The number of anilines is 2. The molecule has 1 fully saturated rings. The van der Waals surface area contributed by atoms with E-state index in [2.05, 4.69) is 38.1 Å². The zero-order valence-electron chi connectivity index (χ0n) is 29.8. The van der Waals surface area contributed by atoms with E-state index in [-0.39, 0.29) is 23.1 Å². The summed E-state index contributed by atoms with van der Waals surface area (Å²) in [7, 11) is 9.18. The van der Waals surface area contributed by atoms with Crippen molar-refractivity contribution in [2.75, 3.05) is 78.3 Å². The first-order valence-corrected chi connectivity index (χ1v) is 16.9. The van der Waals surface area contributed by atoms with Gasteiger partial charge < -0.3 is 39.4 Å². The first-order chi connectivity index (χ1) is 24.1. The largest absolute Gasteiger partial charge is 0.496 e. The summed E-state index contributed by atoms with van der Waals surface area (Å²) in [4.78, 5) is 54.7. The maximum Gasteiger partial charge on any atom is 0.259 e. The number of benzene rings is 3. The fraction of sp³-hybridized carbons (Fsp3) is 0.395. The highest BCUT2D eigenvalue weighted by Gasteiger charge is 2.22. The van der Waals surface area contributed by atoms with Gasteiger partial charge in [-0.2, -0.15) is 0 Å². The Labute approximate surface area is 293 Å². The van der Waals surface area contributed by atoms with E-state index in [4.69, 9.17) is 9.47 Å². The summed E-state index contributed by atoms with van der Waals surface area (Å²) in [5.74, 6) is 3.14. The van der Waals surface area contributed by atoms with Crippen molar-refractivity contribution in [2.45, 2.75) is 32.7 Å². The lowest BCUT2D eigenvalue weighted by Crippen LogP contribution is -2.44. The molecular formula is C38H47N7O5. The van der Waals surface area contributed by atoms with E-state index in [1.165, 1.54) is 12.0 Å². The van der Waals surface area contributed by atoms with E-state index in [0.717, 1.165) is 67.1 Å². The molecule has 3 aromatic carbocycles. The van der Waals surface area contributed by atoms with Crippen LogP contribution in [0.25, 0.3) is 11.0 Å². The van der Waals surface area contributed by atoms with Gasteiger partial charge in [0, 0.05) is 38.8 Å². The Bertz CT molecular complexity index is 1870. The van der Waals surface area contributed by atoms with Crippen molar-refractivity contribution in [1.82, 2.24) is 24.7 Å². The van der Waals surface area contributed by atoms with Crippen molar-refractivity contribution >= 4 is 40.2 Å². The van der Waals surface area contributed by atoms with Gasteiger partial charge in [0.25, 0.3) is 11.8 Å². The number of hydrogen-bond acceptors (Lipinski definition) is 9. The number of carbonyl (C=O) groups excluding carboxylic acids is 3. The number of hydrogen-bond donors (Lipinski definition) is 2.